The van der Waals surface area contributed by atoms with Crippen LogP contribution >= 0.6 is 0 Å². The monoisotopic (exact) mass is 224 g/mol. The normalized spacial score (nSPS) is 12.4. The summed E-state index contributed by atoms with van der Waals surface area (Å²) < 4.78 is 10.3. The third-order valence-corrected chi connectivity index (χ3v) is 2.43. The predicted octanol–water partition coefficient (Wildman–Crippen LogP) is 2.03. The van der Waals surface area contributed by atoms with Crippen LogP contribution in [0.25, 0.3) is 0 Å². The maximum absolute atomic E-state index is 9.74. The highest BCUT2D eigenvalue weighted by molar-refractivity contribution is 5.27. The smallest absolute Gasteiger partial charge is 0.118 e. The lowest BCUT2D eigenvalue weighted by Gasteiger charge is -2.10. The molecule has 1 atom stereocenters. The Morgan fingerprint density at radius 3 is 2.50 bits per heavy atom. The highest BCUT2D eigenvalue weighted by atomic mass is 16.5. The van der Waals surface area contributed by atoms with E-state index in [4.69, 9.17) is 9.47 Å². The van der Waals surface area contributed by atoms with Crippen molar-refractivity contribution in [2.45, 2.75) is 25.9 Å². The van der Waals surface area contributed by atoms with Crippen LogP contribution in [0.5, 0.6) is 5.75 Å². The summed E-state index contributed by atoms with van der Waals surface area (Å²) in [6.07, 6.45) is 1.01. The van der Waals surface area contributed by atoms with Crippen molar-refractivity contribution >= 4 is 0 Å². The second-order valence-electron chi connectivity index (χ2n) is 3.69. The van der Waals surface area contributed by atoms with Crippen LogP contribution in [-0.4, -0.2) is 31.5 Å². The quantitative estimate of drug-likeness (QED) is 0.720. The van der Waals surface area contributed by atoms with Gasteiger partial charge in [-0.15, -0.1) is 0 Å². The van der Waals surface area contributed by atoms with Crippen LogP contribution in [0.1, 0.15) is 18.9 Å². The number of benzene rings is 1. The van der Waals surface area contributed by atoms with E-state index in [1.807, 2.05) is 31.2 Å². The minimum Gasteiger partial charge on any atom is -0.497 e. The van der Waals surface area contributed by atoms with Gasteiger partial charge in [0.1, 0.15) is 5.75 Å². The van der Waals surface area contributed by atoms with E-state index in [1.54, 1.807) is 7.11 Å². The number of hydrogen-bond acceptors (Lipinski definition) is 3. The van der Waals surface area contributed by atoms with Crippen molar-refractivity contribution in [2.75, 3.05) is 20.3 Å². The van der Waals surface area contributed by atoms with E-state index in [9.17, 15) is 5.11 Å². The Kier molecular flexibility index (Phi) is 5.90. The summed E-state index contributed by atoms with van der Waals surface area (Å²) in [5, 5.41) is 9.74. The Morgan fingerprint density at radius 1 is 1.25 bits per heavy atom. The maximum atomic E-state index is 9.74. The number of ether oxygens (including phenoxy) is 2. The molecule has 3 nitrogen and oxygen atoms in total. The summed E-state index contributed by atoms with van der Waals surface area (Å²) in [6.45, 7) is 3.28. The summed E-state index contributed by atoms with van der Waals surface area (Å²) in [4.78, 5) is 0. The minimum atomic E-state index is -0.333. The first kappa shape index (κ1) is 13.0. The lowest BCUT2D eigenvalue weighted by molar-refractivity contribution is 0.0887. The topological polar surface area (TPSA) is 38.7 Å². The number of aliphatic hydroxyl groups excluding tert-OH is 1. The second-order valence-corrected chi connectivity index (χ2v) is 3.69. The van der Waals surface area contributed by atoms with Gasteiger partial charge in [-0.25, -0.2) is 0 Å². The molecule has 0 saturated carbocycles. The molecule has 0 bridgehead atoms. The average molecular weight is 224 g/mol. The number of rotatable bonds is 7. The molecule has 16 heavy (non-hydrogen) atoms. The SMILES string of the molecule is CCOCCC(O)Cc1ccc(OC)cc1. The average Bonchev–Trinajstić information content (AvgIpc) is 2.30. The summed E-state index contributed by atoms with van der Waals surface area (Å²) in [7, 11) is 1.64. The molecule has 0 aromatic heterocycles. The number of hydrogen-bond donors (Lipinski definition) is 1. The Bertz CT molecular complexity index is 282. The van der Waals surface area contributed by atoms with Crippen molar-refractivity contribution in [2.24, 2.45) is 0 Å². The van der Waals surface area contributed by atoms with Crippen molar-refractivity contribution in [1.29, 1.82) is 0 Å². The standard InChI is InChI=1S/C13H20O3/c1-3-16-9-8-12(14)10-11-4-6-13(15-2)7-5-11/h4-7,12,14H,3,8-10H2,1-2H3. The second kappa shape index (κ2) is 7.25. The zero-order valence-corrected chi connectivity index (χ0v) is 9.98. The highest BCUT2D eigenvalue weighted by Gasteiger charge is 2.05. The molecule has 0 spiro atoms. The van der Waals surface area contributed by atoms with Crippen LogP contribution in [0.15, 0.2) is 24.3 Å². The Morgan fingerprint density at radius 2 is 1.94 bits per heavy atom. The van der Waals surface area contributed by atoms with E-state index >= 15 is 0 Å². The van der Waals surface area contributed by atoms with Gasteiger partial charge in [-0.1, -0.05) is 12.1 Å². The molecule has 0 fully saturated rings. The molecule has 90 valence electrons. The van der Waals surface area contributed by atoms with Gasteiger partial charge in [0.2, 0.25) is 0 Å². The fraction of sp³-hybridized carbons (Fsp3) is 0.538. The molecule has 3 heteroatoms. The van der Waals surface area contributed by atoms with Crippen molar-refractivity contribution in [3.63, 3.8) is 0 Å². The van der Waals surface area contributed by atoms with Gasteiger partial charge in [-0.05, 0) is 37.5 Å². The third-order valence-electron chi connectivity index (χ3n) is 2.43. The van der Waals surface area contributed by atoms with Gasteiger partial charge in [-0.3, -0.25) is 0 Å². The van der Waals surface area contributed by atoms with Crippen LogP contribution in [0.2, 0.25) is 0 Å². The van der Waals surface area contributed by atoms with Crippen molar-refractivity contribution < 1.29 is 14.6 Å². The molecule has 1 rings (SSSR count). The maximum Gasteiger partial charge on any atom is 0.118 e. The van der Waals surface area contributed by atoms with Crippen molar-refractivity contribution in [3.05, 3.63) is 29.8 Å². The largest absolute Gasteiger partial charge is 0.497 e. The summed E-state index contributed by atoms with van der Waals surface area (Å²) in [6, 6.07) is 7.76. The molecular formula is C13H20O3. The molecule has 1 aromatic rings. The molecule has 0 aliphatic carbocycles. The van der Waals surface area contributed by atoms with Gasteiger partial charge in [0.15, 0.2) is 0 Å². The fourth-order valence-corrected chi connectivity index (χ4v) is 1.50. The summed E-state index contributed by atoms with van der Waals surface area (Å²) in [5.41, 5.74) is 1.12. The van der Waals surface area contributed by atoms with Crippen molar-refractivity contribution in [3.8, 4) is 5.75 Å². The van der Waals surface area contributed by atoms with Gasteiger partial charge >= 0.3 is 0 Å². The van der Waals surface area contributed by atoms with Gasteiger partial charge < -0.3 is 14.6 Å². The van der Waals surface area contributed by atoms with Crippen LogP contribution in [-0.2, 0) is 11.2 Å². The van der Waals surface area contributed by atoms with Gasteiger partial charge in [0.25, 0.3) is 0 Å². The Balaban J connectivity index is 2.34. The molecule has 0 saturated heterocycles. The van der Waals surface area contributed by atoms with Crippen LogP contribution in [0.4, 0.5) is 0 Å². The van der Waals surface area contributed by atoms with E-state index in [2.05, 4.69) is 0 Å². The highest BCUT2D eigenvalue weighted by Crippen LogP contribution is 2.13. The minimum absolute atomic E-state index is 0.333. The summed E-state index contributed by atoms with van der Waals surface area (Å²) in [5.74, 6) is 0.840. The Hall–Kier alpha value is -1.06. The lowest BCUT2D eigenvalue weighted by Crippen LogP contribution is -2.13. The van der Waals surface area contributed by atoms with Gasteiger partial charge in [0.05, 0.1) is 13.2 Å². The van der Waals surface area contributed by atoms with Gasteiger partial charge in [-0.2, -0.15) is 0 Å². The van der Waals surface area contributed by atoms with E-state index in [1.165, 1.54) is 0 Å². The Labute approximate surface area is 97.0 Å². The molecule has 1 N–H and O–H groups in total. The molecule has 0 radical (unpaired) electrons. The number of methoxy groups -OCH3 is 1. The van der Waals surface area contributed by atoms with Crippen LogP contribution in [0, 0.1) is 0 Å². The fourth-order valence-electron chi connectivity index (χ4n) is 1.50. The molecule has 1 aromatic carbocycles. The third kappa shape index (κ3) is 4.64. The van der Waals surface area contributed by atoms with Crippen LogP contribution < -0.4 is 4.74 Å². The van der Waals surface area contributed by atoms with Gasteiger partial charge in [0, 0.05) is 13.2 Å². The predicted molar refractivity (Wildman–Crippen MR) is 63.8 cm³/mol. The molecule has 0 heterocycles. The van der Waals surface area contributed by atoms with E-state index < -0.39 is 0 Å². The van der Waals surface area contributed by atoms with E-state index in [0.29, 0.717) is 26.1 Å². The first-order valence-corrected chi connectivity index (χ1v) is 5.65. The summed E-state index contributed by atoms with van der Waals surface area (Å²) >= 11 is 0. The lowest BCUT2D eigenvalue weighted by atomic mass is 10.1. The number of aliphatic hydroxyl groups is 1. The van der Waals surface area contributed by atoms with E-state index in [0.717, 1.165) is 11.3 Å². The molecule has 1 unspecified atom stereocenters. The zero-order chi connectivity index (χ0) is 11.8. The molecule has 0 aliphatic rings. The molecule has 0 aliphatic heterocycles. The molecular weight excluding hydrogens is 204 g/mol. The first-order chi connectivity index (χ1) is 7.76. The van der Waals surface area contributed by atoms with Crippen LogP contribution in [0.3, 0.4) is 0 Å². The van der Waals surface area contributed by atoms with Crippen molar-refractivity contribution in [1.82, 2.24) is 0 Å². The zero-order valence-electron chi connectivity index (χ0n) is 9.98. The molecule has 0 amide bonds. The van der Waals surface area contributed by atoms with E-state index in [-0.39, 0.29) is 6.10 Å². The first-order valence-electron chi connectivity index (χ1n) is 5.65.